The van der Waals surface area contributed by atoms with Crippen LogP contribution in [0.15, 0.2) is 78.5 Å². The molecule has 162 valence electrons. The molecule has 0 aliphatic carbocycles. The molecule has 0 aromatic heterocycles. The van der Waals surface area contributed by atoms with Gasteiger partial charge in [0.05, 0.1) is 17.9 Å². The molecule has 4 rings (SSSR count). The summed E-state index contributed by atoms with van der Waals surface area (Å²) in [6.45, 7) is 4.49. The molecule has 32 heavy (non-hydrogen) atoms. The van der Waals surface area contributed by atoms with Crippen molar-refractivity contribution in [2.45, 2.75) is 20.3 Å². The Balaban J connectivity index is 1.76. The number of carbonyl (C=O) groups is 2. The number of hydrogen-bond donors (Lipinski definition) is 1. The number of halogens is 1. The zero-order valence-corrected chi connectivity index (χ0v) is 17.9. The molecule has 0 radical (unpaired) electrons. The van der Waals surface area contributed by atoms with Gasteiger partial charge < -0.3 is 10.1 Å². The van der Waals surface area contributed by atoms with E-state index in [2.05, 4.69) is 5.32 Å². The molecule has 0 fully saturated rings. The number of ether oxygens (including phenoxy) is 1. The summed E-state index contributed by atoms with van der Waals surface area (Å²) in [4.78, 5) is 28.0. The Hall–Kier alpha value is -3.93. The highest BCUT2D eigenvalue weighted by atomic mass is 19.1. The molecule has 5 nitrogen and oxygen atoms in total. The second kappa shape index (κ2) is 9.06. The van der Waals surface area contributed by atoms with Crippen LogP contribution in [0, 0.1) is 12.7 Å². The van der Waals surface area contributed by atoms with Crippen LogP contribution in [-0.4, -0.2) is 18.4 Å². The number of amides is 2. The van der Waals surface area contributed by atoms with Crippen LogP contribution in [0.3, 0.4) is 0 Å². The molecule has 0 atom stereocenters. The third-order valence-electron chi connectivity index (χ3n) is 5.05. The van der Waals surface area contributed by atoms with Crippen LogP contribution in [-0.2, 0) is 9.59 Å². The Morgan fingerprint density at radius 1 is 0.938 bits per heavy atom. The minimum absolute atomic E-state index is 0.135. The van der Waals surface area contributed by atoms with Gasteiger partial charge in [-0.2, -0.15) is 0 Å². The third-order valence-corrected chi connectivity index (χ3v) is 5.05. The monoisotopic (exact) mass is 430 g/mol. The van der Waals surface area contributed by atoms with Crippen LogP contribution in [0.4, 0.5) is 15.8 Å². The van der Waals surface area contributed by atoms with Gasteiger partial charge in [-0.25, -0.2) is 9.29 Å². The Morgan fingerprint density at radius 2 is 1.69 bits per heavy atom. The predicted octanol–water partition coefficient (Wildman–Crippen LogP) is 5.32. The van der Waals surface area contributed by atoms with Crippen LogP contribution in [0.1, 0.15) is 24.5 Å². The maximum Gasteiger partial charge on any atom is 0.282 e. The summed E-state index contributed by atoms with van der Waals surface area (Å²) in [5, 5.41) is 3.11. The second-order valence-electron chi connectivity index (χ2n) is 7.54. The Labute approximate surface area is 186 Å². The summed E-state index contributed by atoms with van der Waals surface area (Å²) in [5.74, 6) is -0.696. The van der Waals surface area contributed by atoms with Gasteiger partial charge in [-0.3, -0.25) is 9.59 Å². The fourth-order valence-electron chi connectivity index (χ4n) is 3.56. The lowest BCUT2D eigenvalue weighted by Crippen LogP contribution is -2.32. The van der Waals surface area contributed by atoms with Gasteiger partial charge in [0.15, 0.2) is 0 Å². The van der Waals surface area contributed by atoms with E-state index >= 15 is 0 Å². The van der Waals surface area contributed by atoms with E-state index in [-0.39, 0.29) is 11.3 Å². The number of nitrogens with one attached hydrogen (secondary N) is 1. The van der Waals surface area contributed by atoms with Crippen molar-refractivity contribution in [3.63, 3.8) is 0 Å². The van der Waals surface area contributed by atoms with Crippen molar-refractivity contribution < 1.29 is 18.7 Å². The number of carbonyl (C=O) groups excluding carboxylic acids is 2. The largest absolute Gasteiger partial charge is 0.494 e. The van der Waals surface area contributed by atoms with Gasteiger partial charge in [-0.1, -0.05) is 37.3 Å². The summed E-state index contributed by atoms with van der Waals surface area (Å²) < 4.78 is 19.2. The number of rotatable bonds is 7. The van der Waals surface area contributed by atoms with Crippen LogP contribution < -0.4 is 15.0 Å². The van der Waals surface area contributed by atoms with E-state index < -0.39 is 17.6 Å². The fourth-order valence-corrected chi connectivity index (χ4v) is 3.56. The average Bonchev–Trinajstić information content (AvgIpc) is 3.02. The van der Waals surface area contributed by atoms with Gasteiger partial charge in [-0.15, -0.1) is 0 Å². The predicted molar refractivity (Wildman–Crippen MR) is 123 cm³/mol. The van der Waals surface area contributed by atoms with Gasteiger partial charge in [-0.05, 0) is 60.9 Å². The molecule has 0 saturated carbocycles. The summed E-state index contributed by atoms with van der Waals surface area (Å²) in [6, 6.07) is 19.9. The van der Waals surface area contributed by atoms with E-state index in [1.807, 2.05) is 32.0 Å². The van der Waals surface area contributed by atoms with Gasteiger partial charge >= 0.3 is 0 Å². The molecule has 6 heteroatoms. The van der Waals surface area contributed by atoms with Crippen molar-refractivity contribution >= 4 is 28.8 Å². The van der Waals surface area contributed by atoms with E-state index in [4.69, 9.17) is 4.74 Å². The number of anilines is 2. The van der Waals surface area contributed by atoms with Crippen LogP contribution >= 0.6 is 0 Å². The summed E-state index contributed by atoms with van der Waals surface area (Å²) in [7, 11) is 0. The van der Waals surface area contributed by atoms with Crippen molar-refractivity contribution in [3.8, 4) is 5.75 Å². The van der Waals surface area contributed by atoms with Crippen LogP contribution in [0.5, 0.6) is 5.75 Å². The van der Waals surface area contributed by atoms with Crippen molar-refractivity contribution in [2.75, 3.05) is 16.8 Å². The maximum absolute atomic E-state index is 13.5. The van der Waals surface area contributed by atoms with Gasteiger partial charge in [0.25, 0.3) is 11.8 Å². The average molecular weight is 430 g/mol. The first-order valence-corrected chi connectivity index (χ1v) is 10.4. The van der Waals surface area contributed by atoms with Gasteiger partial charge in [0.1, 0.15) is 17.3 Å². The maximum atomic E-state index is 13.5. The molecular formula is C26H23FN2O3. The first-order valence-electron chi connectivity index (χ1n) is 10.4. The Kier molecular flexibility index (Phi) is 6.03. The quantitative estimate of drug-likeness (QED) is 0.516. The molecular weight excluding hydrogens is 407 g/mol. The van der Waals surface area contributed by atoms with Crippen molar-refractivity contribution in [3.05, 3.63) is 95.4 Å². The van der Waals surface area contributed by atoms with E-state index in [1.165, 1.54) is 24.3 Å². The molecule has 2 amide bonds. The van der Waals surface area contributed by atoms with Crippen LogP contribution in [0.25, 0.3) is 5.57 Å². The lowest BCUT2D eigenvalue weighted by Gasteiger charge is -2.16. The molecule has 0 saturated heterocycles. The molecule has 0 bridgehead atoms. The first kappa shape index (κ1) is 21.3. The van der Waals surface area contributed by atoms with Gasteiger partial charge in [0.2, 0.25) is 0 Å². The fraction of sp³-hybridized carbons (Fsp3) is 0.154. The zero-order valence-electron chi connectivity index (χ0n) is 17.9. The van der Waals surface area contributed by atoms with Crippen molar-refractivity contribution in [1.82, 2.24) is 0 Å². The molecule has 1 aliphatic heterocycles. The summed E-state index contributed by atoms with van der Waals surface area (Å²) in [5.41, 5.74) is 2.80. The molecule has 1 heterocycles. The number of nitrogens with zero attached hydrogens (tertiary/aromatic N) is 1. The van der Waals surface area contributed by atoms with E-state index in [1.54, 1.807) is 30.3 Å². The second-order valence-corrected chi connectivity index (χ2v) is 7.54. The highest BCUT2D eigenvalue weighted by Gasteiger charge is 2.40. The van der Waals surface area contributed by atoms with E-state index in [9.17, 15) is 14.0 Å². The molecule has 3 aromatic carbocycles. The Morgan fingerprint density at radius 3 is 2.41 bits per heavy atom. The first-order chi connectivity index (χ1) is 15.5. The lowest BCUT2D eigenvalue weighted by atomic mass is 10.0. The SMILES string of the molecule is CCCOc1cccc(NC2=C(c3ccc(F)cc3)C(=O)N(c3cccc(C)c3)C2=O)c1. The minimum Gasteiger partial charge on any atom is -0.494 e. The lowest BCUT2D eigenvalue weighted by molar-refractivity contribution is -0.120. The topological polar surface area (TPSA) is 58.6 Å². The standard InChI is InChI=1S/C26H23FN2O3/c1-3-14-32-22-9-5-7-20(16-22)28-24-23(18-10-12-19(27)13-11-18)25(30)29(26(24)31)21-8-4-6-17(2)15-21/h4-13,15-16,28H,3,14H2,1-2H3. The highest BCUT2D eigenvalue weighted by Crippen LogP contribution is 2.34. The number of hydrogen-bond acceptors (Lipinski definition) is 4. The number of benzene rings is 3. The highest BCUT2D eigenvalue weighted by molar-refractivity contribution is 6.46. The summed E-state index contributed by atoms with van der Waals surface area (Å²) in [6.07, 6.45) is 0.871. The molecule has 0 unspecified atom stereocenters. The smallest absolute Gasteiger partial charge is 0.282 e. The molecule has 3 aromatic rings. The van der Waals surface area contributed by atoms with E-state index in [0.29, 0.717) is 29.3 Å². The van der Waals surface area contributed by atoms with Crippen molar-refractivity contribution in [1.29, 1.82) is 0 Å². The number of aryl methyl sites for hydroxylation is 1. The number of imide groups is 1. The zero-order chi connectivity index (χ0) is 22.7. The minimum atomic E-state index is -0.472. The van der Waals surface area contributed by atoms with Crippen LogP contribution in [0.2, 0.25) is 0 Å². The molecule has 1 aliphatic rings. The van der Waals surface area contributed by atoms with Crippen molar-refractivity contribution in [2.24, 2.45) is 0 Å². The van der Waals surface area contributed by atoms with E-state index in [0.717, 1.165) is 16.9 Å². The normalized spacial score (nSPS) is 13.7. The third kappa shape index (κ3) is 4.25. The Bertz CT molecular complexity index is 1200. The molecule has 0 spiro atoms. The summed E-state index contributed by atoms with van der Waals surface area (Å²) >= 11 is 0. The molecule has 1 N–H and O–H groups in total. The van der Waals surface area contributed by atoms with Gasteiger partial charge in [0, 0.05) is 11.8 Å².